The van der Waals surface area contributed by atoms with Gasteiger partial charge in [0.25, 0.3) is 0 Å². The molecule has 0 saturated carbocycles. The van der Waals surface area contributed by atoms with Gasteiger partial charge in [-0.05, 0) is 16.7 Å². The Kier molecular flexibility index (Phi) is 3.16. The third kappa shape index (κ3) is 1.99. The van der Waals surface area contributed by atoms with Crippen LogP contribution in [0, 0.1) is 11.8 Å². The van der Waals surface area contributed by atoms with Crippen molar-refractivity contribution in [3.05, 3.63) is 82.4 Å². The highest BCUT2D eigenvalue weighted by Crippen LogP contribution is 2.59. The molecule has 2 aromatic rings. The summed E-state index contributed by atoms with van der Waals surface area (Å²) in [5.74, 6) is -1.13. The molecule has 2 bridgehead atoms. The standard InChI is InChI=1S/C21H16ClNO2/c22-16-10-15-13-8-4-5-9-14(13)17(16)19-18(15)20(24)23(21(19)25)11-12-6-2-1-3-7-12/h1-10,15,17-19H,11H2. The number of hydrogen-bond donors (Lipinski definition) is 0. The minimum atomic E-state index is -0.367. The number of carbonyl (C=O) groups excluding carboxylic acids is 2. The lowest BCUT2D eigenvalue weighted by Gasteiger charge is -2.42. The molecule has 124 valence electrons. The van der Waals surface area contributed by atoms with Gasteiger partial charge in [-0.3, -0.25) is 14.5 Å². The molecule has 4 unspecified atom stereocenters. The minimum Gasteiger partial charge on any atom is -0.278 e. The molecule has 2 amide bonds. The number of benzene rings is 2. The first-order valence-electron chi connectivity index (χ1n) is 8.52. The Hall–Kier alpha value is -2.39. The molecule has 0 aromatic heterocycles. The minimum absolute atomic E-state index is 0.0660. The molecule has 6 rings (SSSR count). The van der Waals surface area contributed by atoms with Crippen molar-refractivity contribution in [1.82, 2.24) is 4.90 Å². The maximum Gasteiger partial charge on any atom is 0.234 e. The van der Waals surface area contributed by atoms with Crippen LogP contribution in [0.3, 0.4) is 0 Å². The summed E-state index contributed by atoms with van der Waals surface area (Å²) in [6.07, 6.45) is 1.98. The van der Waals surface area contributed by atoms with Crippen LogP contribution in [-0.2, 0) is 16.1 Å². The third-order valence-electron chi connectivity index (χ3n) is 5.74. The van der Waals surface area contributed by atoms with Crippen molar-refractivity contribution in [2.24, 2.45) is 11.8 Å². The van der Waals surface area contributed by atoms with Crippen LogP contribution in [0.25, 0.3) is 0 Å². The van der Waals surface area contributed by atoms with Crippen molar-refractivity contribution in [3.8, 4) is 0 Å². The van der Waals surface area contributed by atoms with E-state index in [0.717, 1.165) is 16.7 Å². The summed E-state index contributed by atoms with van der Waals surface area (Å²) in [5, 5.41) is 0.702. The molecule has 2 aromatic carbocycles. The molecule has 4 heteroatoms. The van der Waals surface area contributed by atoms with Gasteiger partial charge in [-0.1, -0.05) is 72.3 Å². The van der Waals surface area contributed by atoms with Crippen LogP contribution < -0.4 is 0 Å². The maximum absolute atomic E-state index is 13.1. The monoisotopic (exact) mass is 349 g/mol. The van der Waals surface area contributed by atoms with Gasteiger partial charge >= 0.3 is 0 Å². The molecule has 3 nitrogen and oxygen atoms in total. The van der Waals surface area contributed by atoms with Crippen molar-refractivity contribution in [1.29, 1.82) is 0 Å². The van der Waals surface area contributed by atoms with Gasteiger partial charge in [-0.15, -0.1) is 0 Å². The lowest BCUT2D eigenvalue weighted by atomic mass is 9.60. The topological polar surface area (TPSA) is 37.4 Å². The van der Waals surface area contributed by atoms with E-state index in [1.807, 2.05) is 54.6 Å². The maximum atomic E-state index is 13.1. The highest BCUT2D eigenvalue weighted by atomic mass is 35.5. The van der Waals surface area contributed by atoms with Crippen LogP contribution in [-0.4, -0.2) is 16.7 Å². The van der Waals surface area contributed by atoms with E-state index in [4.69, 9.17) is 11.6 Å². The van der Waals surface area contributed by atoms with Gasteiger partial charge in [0.15, 0.2) is 0 Å². The SMILES string of the molecule is O=C1C2C3C=C(Cl)C(c4ccccc43)C2C(=O)N1Cc1ccccc1. The van der Waals surface area contributed by atoms with Crippen molar-refractivity contribution >= 4 is 23.4 Å². The molecule has 3 aliphatic carbocycles. The third-order valence-corrected chi connectivity index (χ3v) is 6.11. The van der Waals surface area contributed by atoms with Crippen LogP contribution in [0.2, 0.25) is 0 Å². The Balaban J connectivity index is 1.57. The molecule has 0 radical (unpaired) electrons. The van der Waals surface area contributed by atoms with E-state index in [1.54, 1.807) is 0 Å². The number of amides is 2. The number of allylic oxidation sites excluding steroid dienone is 2. The van der Waals surface area contributed by atoms with E-state index in [0.29, 0.717) is 11.6 Å². The van der Waals surface area contributed by atoms with Crippen LogP contribution in [0.5, 0.6) is 0 Å². The summed E-state index contributed by atoms with van der Waals surface area (Å²) < 4.78 is 0. The average Bonchev–Trinajstić information content (AvgIpc) is 2.89. The predicted octanol–water partition coefficient (Wildman–Crippen LogP) is 3.81. The van der Waals surface area contributed by atoms with Gasteiger partial charge in [0.05, 0.1) is 18.4 Å². The Morgan fingerprint density at radius 3 is 2.24 bits per heavy atom. The van der Waals surface area contributed by atoms with Crippen LogP contribution in [0.1, 0.15) is 28.5 Å². The quantitative estimate of drug-likeness (QED) is 0.773. The molecule has 25 heavy (non-hydrogen) atoms. The largest absolute Gasteiger partial charge is 0.278 e. The first-order chi connectivity index (χ1) is 12.2. The summed E-state index contributed by atoms with van der Waals surface area (Å²) in [6, 6.07) is 17.7. The van der Waals surface area contributed by atoms with E-state index in [9.17, 15) is 9.59 Å². The van der Waals surface area contributed by atoms with Crippen LogP contribution in [0.4, 0.5) is 0 Å². The number of hydrogen-bond acceptors (Lipinski definition) is 2. The van der Waals surface area contributed by atoms with Crippen LogP contribution >= 0.6 is 11.6 Å². The summed E-state index contributed by atoms with van der Waals surface area (Å²) >= 11 is 6.51. The predicted molar refractivity (Wildman–Crippen MR) is 94.8 cm³/mol. The van der Waals surface area contributed by atoms with Gasteiger partial charge in [0.1, 0.15) is 0 Å². The Labute approximate surface area is 150 Å². The summed E-state index contributed by atoms with van der Waals surface area (Å²) in [4.78, 5) is 27.6. The van der Waals surface area contributed by atoms with E-state index >= 15 is 0 Å². The summed E-state index contributed by atoms with van der Waals surface area (Å²) in [7, 11) is 0. The zero-order chi connectivity index (χ0) is 17.1. The molecule has 1 heterocycles. The molecular weight excluding hydrogens is 334 g/mol. The van der Waals surface area contributed by atoms with E-state index in [2.05, 4.69) is 6.07 Å². The highest BCUT2D eigenvalue weighted by Gasteiger charge is 2.59. The average molecular weight is 350 g/mol. The second kappa shape index (κ2) is 5.30. The van der Waals surface area contributed by atoms with Gasteiger partial charge in [-0.2, -0.15) is 0 Å². The Morgan fingerprint density at radius 2 is 1.48 bits per heavy atom. The van der Waals surface area contributed by atoms with E-state index < -0.39 is 0 Å². The van der Waals surface area contributed by atoms with E-state index in [1.165, 1.54) is 4.90 Å². The summed E-state index contributed by atoms with van der Waals surface area (Å²) in [6.45, 7) is 0.332. The van der Waals surface area contributed by atoms with Crippen molar-refractivity contribution < 1.29 is 9.59 Å². The number of rotatable bonds is 2. The van der Waals surface area contributed by atoms with Gasteiger partial charge in [0, 0.05) is 16.9 Å². The lowest BCUT2D eigenvalue weighted by Crippen LogP contribution is -2.38. The second-order valence-electron chi connectivity index (χ2n) is 6.98. The molecule has 0 spiro atoms. The van der Waals surface area contributed by atoms with Gasteiger partial charge in [0.2, 0.25) is 11.8 Å². The smallest absolute Gasteiger partial charge is 0.234 e. The molecular formula is C21H16ClNO2. The lowest BCUT2D eigenvalue weighted by molar-refractivity contribution is -0.140. The fourth-order valence-corrected chi connectivity index (χ4v) is 5.09. The number of carbonyl (C=O) groups is 2. The van der Waals surface area contributed by atoms with Gasteiger partial charge < -0.3 is 0 Å². The molecule has 1 saturated heterocycles. The van der Waals surface area contributed by atoms with Crippen molar-refractivity contribution in [2.75, 3.05) is 0 Å². The zero-order valence-corrected chi connectivity index (χ0v) is 14.2. The Morgan fingerprint density at radius 1 is 0.840 bits per heavy atom. The number of nitrogens with zero attached hydrogens (tertiary/aromatic N) is 1. The fourth-order valence-electron chi connectivity index (χ4n) is 4.70. The number of imide groups is 1. The normalized spacial score (nSPS) is 29.5. The number of likely N-dealkylation sites (tertiary alicyclic amines) is 1. The molecule has 0 N–H and O–H groups in total. The first-order valence-corrected chi connectivity index (χ1v) is 8.90. The molecule has 4 aliphatic rings. The van der Waals surface area contributed by atoms with Gasteiger partial charge in [-0.25, -0.2) is 0 Å². The summed E-state index contributed by atoms with van der Waals surface area (Å²) in [5.41, 5.74) is 3.21. The second-order valence-corrected chi connectivity index (χ2v) is 7.42. The first kappa shape index (κ1) is 14.9. The number of halogens is 1. The van der Waals surface area contributed by atoms with E-state index in [-0.39, 0.29) is 35.5 Å². The molecule has 4 atom stereocenters. The van der Waals surface area contributed by atoms with Crippen molar-refractivity contribution in [3.63, 3.8) is 0 Å². The van der Waals surface area contributed by atoms with Crippen LogP contribution in [0.15, 0.2) is 65.7 Å². The molecule has 1 fully saturated rings. The highest BCUT2D eigenvalue weighted by molar-refractivity contribution is 6.31. The van der Waals surface area contributed by atoms with Crippen molar-refractivity contribution in [2.45, 2.75) is 18.4 Å². The molecule has 1 aliphatic heterocycles. The zero-order valence-electron chi connectivity index (χ0n) is 13.4. The Bertz CT molecular complexity index is 921. The fraction of sp³-hybridized carbons (Fsp3) is 0.238.